The molecule has 5 aromatic rings. The standard InChI is InChI=1S/C58H79N9O13S2/c1-41-8-6-9-49(58(3,4)37-41)56-48(51(68)10-7-22-60-81(72)52-38-64(5)62-42(52)2)17-18-53(61-56)67-25-21-54(63-67)80-35-33-78-31-29-76-27-26-75-28-30-77-32-34-79-45-13-11-43(12-14-45)44-19-23-66(24-20-44)82(73,74)46-15-16-47-50(36-46)59-40-65(57(47)71)39-55(69)70/h11-18,21,25,36,38,41,44,49,59-60H,6-10,19-20,22-24,26-35,37,39-40H2,1-5H3,(H,69,70)/t41-,49?,81?/m1/s1. The van der Waals surface area contributed by atoms with Crippen molar-refractivity contribution in [3.8, 4) is 17.4 Å². The van der Waals surface area contributed by atoms with E-state index in [0.717, 1.165) is 41.8 Å². The molecule has 2 aliphatic heterocycles. The minimum atomic E-state index is -3.80. The topological polar surface area (TPSA) is 263 Å². The van der Waals surface area contributed by atoms with Crippen molar-refractivity contribution in [3.05, 3.63) is 101 Å². The summed E-state index contributed by atoms with van der Waals surface area (Å²) in [5.74, 6) is 1.06. The molecule has 0 radical (unpaired) electrons. The number of aryl methyl sites for hydroxylation is 2. The van der Waals surface area contributed by atoms with Crippen molar-refractivity contribution in [1.29, 1.82) is 0 Å². The van der Waals surface area contributed by atoms with Gasteiger partial charge >= 0.3 is 5.97 Å². The zero-order chi connectivity index (χ0) is 58.2. The van der Waals surface area contributed by atoms with Gasteiger partial charge in [-0.05, 0) is 104 Å². The van der Waals surface area contributed by atoms with Crippen molar-refractivity contribution >= 4 is 44.7 Å². The minimum Gasteiger partial charge on any atom is -0.593 e. The number of anilines is 1. The number of carboxylic acid groups (broad SMARTS) is 1. The third-order valence-corrected chi connectivity index (χ3v) is 18.3. The van der Waals surface area contributed by atoms with Crippen molar-refractivity contribution in [2.24, 2.45) is 18.4 Å². The van der Waals surface area contributed by atoms with Gasteiger partial charge in [0.05, 0.1) is 93.2 Å². The van der Waals surface area contributed by atoms with Crippen molar-refractivity contribution in [1.82, 2.24) is 38.5 Å². The molecule has 22 nitrogen and oxygen atoms in total. The number of ether oxygens (including phenoxy) is 6. The Hall–Kier alpha value is -5.96. The van der Waals surface area contributed by atoms with Crippen LogP contribution in [0.2, 0.25) is 0 Å². The molecule has 82 heavy (non-hydrogen) atoms. The highest BCUT2D eigenvalue weighted by atomic mass is 32.2. The Kier molecular flexibility index (Phi) is 22.4. The molecule has 1 saturated heterocycles. The number of benzene rings is 2. The number of rotatable bonds is 31. The summed E-state index contributed by atoms with van der Waals surface area (Å²) < 4.78 is 82.2. The number of hydrogen-bond acceptors (Lipinski definition) is 17. The van der Waals surface area contributed by atoms with E-state index in [0.29, 0.717) is 157 Å². The molecule has 1 saturated carbocycles. The van der Waals surface area contributed by atoms with E-state index in [1.807, 2.05) is 49.5 Å². The highest BCUT2D eigenvalue weighted by molar-refractivity contribution is 7.89. The molecule has 446 valence electrons. The summed E-state index contributed by atoms with van der Waals surface area (Å²) >= 11 is -1.41. The molecule has 3 atom stereocenters. The van der Waals surface area contributed by atoms with Gasteiger partial charge in [0.1, 0.15) is 31.2 Å². The largest absolute Gasteiger partial charge is 0.593 e. The predicted octanol–water partition coefficient (Wildman–Crippen LogP) is 6.91. The number of carbonyl (C=O) groups excluding carboxylic acids is 2. The lowest BCUT2D eigenvalue weighted by atomic mass is 9.71. The average molecular weight is 1170 g/mol. The fourth-order valence-electron chi connectivity index (χ4n) is 11.0. The summed E-state index contributed by atoms with van der Waals surface area (Å²) in [4.78, 5) is 44.8. The maximum Gasteiger partial charge on any atom is 0.323 e. The highest BCUT2D eigenvalue weighted by Crippen LogP contribution is 2.48. The lowest BCUT2D eigenvalue weighted by Gasteiger charge is -2.34. The van der Waals surface area contributed by atoms with Gasteiger partial charge in [-0.15, -0.1) is 9.82 Å². The lowest BCUT2D eigenvalue weighted by Crippen LogP contribution is -2.43. The maximum absolute atomic E-state index is 13.9. The number of hydrogen-bond donors (Lipinski definition) is 3. The van der Waals surface area contributed by atoms with Gasteiger partial charge in [-0.2, -0.15) is 9.40 Å². The van der Waals surface area contributed by atoms with Crippen molar-refractivity contribution in [2.75, 3.05) is 104 Å². The number of ketones is 1. The molecule has 1 aliphatic carbocycles. The van der Waals surface area contributed by atoms with Gasteiger partial charge in [-0.1, -0.05) is 45.7 Å². The Balaban J connectivity index is 0.657. The van der Waals surface area contributed by atoms with Crippen molar-refractivity contribution < 1.29 is 60.9 Å². The molecule has 3 aliphatic rings. The van der Waals surface area contributed by atoms with E-state index < -0.39 is 39.8 Å². The number of carboxylic acids is 1. The third kappa shape index (κ3) is 16.9. The number of nitrogens with zero attached hydrogens (tertiary/aromatic N) is 7. The quantitative estimate of drug-likeness (QED) is 0.0176. The predicted molar refractivity (Wildman–Crippen MR) is 306 cm³/mol. The highest BCUT2D eigenvalue weighted by Gasteiger charge is 2.38. The van der Waals surface area contributed by atoms with E-state index in [1.54, 1.807) is 28.7 Å². The van der Waals surface area contributed by atoms with Crippen LogP contribution in [0, 0.1) is 18.3 Å². The summed E-state index contributed by atoms with van der Waals surface area (Å²) in [6, 6.07) is 17.7. The van der Waals surface area contributed by atoms with Gasteiger partial charge in [0.25, 0.3) is 5.91 Å². The van der Waals surface area contributed by atoms with Crippen LogP contribution < -0.4 is 19.5 Å². The number of amides is 1. The fourth-order valence-corrected chi connectivity index (χ4v) is 13.6. The monoisotopic (exact) mass is 1170 g/mol. The number of Topliss-reactive ketones (excluding diaryl/α,β-unsaturated/α-hetero) is 1. The van der Waals surface area contributed by atoms with Crippen LogP contribution in [0.15, 0.2) is 82.8 Å². The van der Waals surface area contributed by atoms with Crippen molar-refractivity contribution in [3.63, 3.8) is 0 Å². The number of carbonyl (C=O) groups is 3. The summed E-state index contributed by atoms with van der Waals surface area (Å²) in [7, 11) is -2.00. The molecular weight excluding hydrogens is 1090 g/mol. The first kappa shape index (κ1) is 62.1. The lowest BCUT2D eigenvalue weighted by molar-refractivity contribution is -0.137. The first-order valence-corrected chi connectivity index (χ1v) is 30.9. The van der Waals surface area contributed by atoms with Crippen LogP contribution in [0.1, 0.15) is 122 Å². The van der Waals surface area contributed by atoms with Gasteiger partial charge in [-0.25, -0.2) is 18.1 Å². The molecule has 2 aromatic carbocycles. The molecule has 5 heterocycles. The maximum atomic E-state index is 13.9. The minimum absolute atomic E-state index is 0.0222. The Labute approximate surface area is 483 Å². The number of aromatic nitrogens is 5. The van der Waals surface area contributed by atoms with Crippen LogP contribution in [0.5, 0.6) is 11.6 Å². The Bertz CT molecular complexity index is 3020. The molecule has 1 amide bonds. The van der Waals surface area contributed by atoms with E-state index in [-0.39, 0.29) is 40.2 Å². The van der Waals surface area contributed by atoms with E-state index in [1.165, 1.54) is 22.5 Å². The number of pyridine rings is 1. The zero-order valence-electron chi connectivity index (χ0n) is 47.7. The second kappa shape index (κ2) is 29.5. The summed E-state index contributed by atoms with van der Waals surface area (Å²) in [6.07, 6.45) is 9.89. The van der Waals surface area contributed by atoms with Gasteiger partial charge in [-0.3, -0.25) is 19.1 Å². The van der Waals surface area contributed by atoms with E-state index in [2.05, 4.69) is 41.0 Å². The first-order valence-electron chi connectivity index (χ1n) is 28.3. The summed E-state index contributed by atoms with van der Waals surface area (Å²) in [5.41, 5.74) is 3.81. The SMILES string of the molecule is Cc1nn(C)cc1[S+]([O-])NCCCC(=O)c1ccc(-n2ccc(OCCOCCOCCOCCOCCOc3ccc(C4CCN(S(=O)(=O)c5ccc6c(c5)NCN(CC(=O)O)C6=O)CC4)cc3)n2)nc1C1CCC[C@@H](C)CC1(C)C. The van der Waals surface area contributed by atoms with E-state index >= 15 is 0 Å². The Morgan fingerprint density at radius 3 is 2.20 bits per heavy atom. The summed E-state index contributed by atoms with van der Waals surface area (Å²) in [6.45, 7) is 13.3. The number of piperidine rings is 1. The van der Waals surface area contributed by atoms with E-state index in [9.17, 15) is 27.4 Å². The number of nitrogens with one attached hydrogen (secondary N) is 2. The van der Waals surface area contributed by atoms with Crippen LogP contribution in [0.25, 0.3) is 5.82 Å². The van der Waals surface area contributed by atoms with E-state index in [4.69, 9.17) is 38.5 Å². The molecule has 8 rings (SSSR count). The summed E-state index contributed by atoms with van der Waals surface area (Å²) in [5, 5.41) is 21.0. The Morgan fingerprint density at radius 2 is 1.54 bits per heavy atom. The molecule has 3 aromatic heterocycles. The molecule has 2 fully saturated rings. The molecule has 3 N–H and O–H groups in total. The van der Waals surface area contributed by atoms with Gasteiger partial charge in [0.2, 0.25) is 20.8 Å². The number of fused-ring (bicyclic) bond motifs is 1. The number of sulfonamides is 1. The van der Waals surface area contributed by atoms with Crippen LogP contribution in [-0.2, 0) is 52.2 Å². The molecule has 2 unspecified atom stereocenters. The Morgan fingerprint density at radius 1 is 0.866 bits per heavy atom. The first-order chi connectivity index (χ1) is 39.5. The van der Waals surface area contributed by atoms with Crippen LogP contribution in [0.4, 0.5) is 5.69 Å². The molecule has 0 spiro atoms. The smallest absolute Gasteiger partial charge is 0.323 e. The van der Waals surface area contributed by atoms with Gasteiger partial charge in [0.15, 0.2) is 11.6 Å². The average Bonchev–Trinajstić information content (AvgIpc) is 3.44. The second-order valence-electron chi connectivity index (χ2n) is 21.8. The van der Waals surface area contributed by atoms with Crippen LogP contribution in [0.3, 0.4) is 0 Å². The fraction of sp³-hybridized carbons (Fsp3) is 0.552. The zero-order valence-corrected chi connectivity index (χ0v) is 49.3. The van der Waals surface area contributed by atoms with Crippen LogP contribution >= 0.6 is 0 Å². The third-order valence-electron chi connectivity index (χ3n) is 15.2. The van der Waals surface area contributed by atoms with Crippen molar-refractivity contribution in [2.45, 2.75) is 101 Å². The molecule has 0 bridgehead atoms. The van der Waals surface area contributed by atoms with Gasteiger partial charge in [0, 0.05) is 62.5 Å². The molecule has 24 heteroatoms. The second-order valence-corrected chi connectivity index (χ2v) is 25.0. The molecular formula is C58H79N9O13S2. The van der Waals surface area contributed by atoms with Crippen LogP contribution in [-0.4, -0.2) is 168 Å². The number of aliphatic carboxylic acids is 1. The normalized spacial score (nSPS) is 18.2. The van der Waals surface area contributed by atoms with Gasteiger partial charge < -0.3 is 48.3 Å².